The summed E-state index contributed by atoms with van der Waals surface area (Å²) in [6, 6.07) is 9.21. The summed E-state index contributed by atoms with van der Waals surface area (Å²) in [4.78, 5) is 55.7. The molecule has 0 radical (unpaired) electrons. The van der Waals surface area contributed by atoms with Gasteiger partial charge >= 0.3 is 0 Å². The number of hydrogen-bond donors (Lipinski definition) is 2. The number of nitrogens with zero attached hydrogens (tertiary/aromatic N) is 3. The van der Waals surface area contributed by atoms with E-state index in [-0.39, 0.29) is 30.7 Å². The molecule has 2 aliphatic heterocycles. The Morgan fingerprint density at radius 2 is 1.82 bits per heavy atom. The zero-order valence-corrected chi connectivity index (χ0v) is 19.3. The Bertz CT molecular complexity index is 1050. The van der Waals surface area contributed by atoms with Crippen molar-refractivity contribution in [3.8, 4) is 0 Å². The Labute approximate surface area is 201 Å². The smallest absolute Gasteiger partial charge is 0.289 e. The van der Waals surface area contributed by atoms with Gasteiger partial charge in [0.15, 0.2) is 5.76 Å². The summed E-state index contributed by atoms with van der Waals surface area (Å²) < 4.78 is 5.17. The number of hydrogen-bond acceptors (Lipinski definition) is 6. The first-order chi connectivity index (χ1) is 16.4. The van der Waals surface area contributed by atoms with Crippen molar-refractivity contribution in [2.24, 2.45) is 0 Å². The van der Waals surface area contributed by atoms with Gasteiger partial charge in [-0.3, -0.25) is 24.1 Å². The number of piperazine rings is 2. The molecule has 4 rings (SSSR count). The van der Waals surface area contributed by atoms with Gasteiger partial charge in [-0.25, -0.2) is 0 Å². The first-order valence-electron chi connectivity index (χ1n) is 11.1. The number of nitrogens with one attached hydrogen (secondary N) is 2. The second kappa shape index (κ2) is 10.7. The lowest BCUT2D eigenvalue weighted by molar-refractivity contribution is -0.145. The van der Waals surface area contributed by atoms with Crippen molar-refractivity contribution in [3.05, 3.63) is 53.4 Å². The predicted octanol–water partition coefficient (Wildman–Crippen LogP) is 1.05. The number of para-hydroxylation sites is 1. The highest BCUT2D eigenvalue weighted by Crippen LogP contribution is 2.21. The zero-order valence-electron chi connectivity index (χ0n) is 18.5. The fourth-order valence-corrected chi connectivity index (χ4v) is 4.29. The van der Waals surface area contributed by atoms with E-state index >= 15 is 0 Å². The van der Waals surface area contributed by atoms with Crippen LogP contribution < -0.4 is 10.6 Å². The highest BCUT2D eigenvalue weighted by Gasteiger charge is 2.35. The van der Waals surface area contributed by atoms with Crippen molar-refractivity contribution in [3.63, 3.8) is 0 Å². The van der Waals surface area contributed by atoms with Gasteiger partial charge in [-0.2, -0.15) is 0 Å². The number of amides is 4. The average Bonchev–Trinajstić information content (AvgIpc) is 3.37. The van der Waals surface area contributed by atoms with Crippen molar-refractivity contribution in [2.45, 2.75) is 12.5 Å². The minimum atomic E-state index is -0.898. The number of rotatable bonds is 6. The van der Waals surface area contributed by atoms with Crippen LogP contribution in [-0.4, -0.2) is 90.2 Å². The zero-order chi connectivity index (χ0) is 24.1. The van der Waals surface area contributed by atoms with Crippen LogP contribution in [0.25, 0.3) is 0 Å². The van der Waals surface area contributed by atoms with Crippen molar-refractivity contribution in [1.29, 1.82) is 0 Å². The summed E-state index contributed by atoms with van der Waals surface area (Å²) in [6.07, 6.45) is 1.29. The third kappa shape index (κ3) is 5.57. The summed E-state index contributed by atoms with van der Waals surface area (Å²) in [5.74, 6) is -0.869. The van der Waals surface area contributed by atoms with Crippen molar-refractivity contribution in [2.75, 3.05) is 51.1 Å². The summed E-state index contributed by atoms with van der Waals surface area (Å²) in [5.41, 5.74) is 0.449. The van der Waals surface area contributed by atoms with Crippen molar-refractivity contribution in [1.82, 2.24) is 20.0 Å². The summed E-state index contributed by atoms with van der Waals surface area (Å²) >= 11 is 6.09. The molecule has 2 fully saturated rings. The molecule has 2 aromatic rings. The lowest BCUT2D eigenvalue weighted by Gasteiger charge is -2.38. The predicted molar refractivity (Wildman–Crippen MR) is 124 cm³/mol. The van der Waals surface area contributed by atoms with E-state index in [1.54, 1.807) is 41.3 Å². The van der Waals surface area contributed by atoms with Crippen LogP contribution in [0.1, 0.15) is 17.0 Å². The van der Waals surface area contributed by atoms with Crippen LogP contribution in [0.5, 0.6) is 0 Å². The maximum Gasteiger partial charge on any atom is 0.289 e. The Kier molecular flexibility index (Phi) is 7.49. The molecule has 0 aliphatic carbocycles. The Morgan fingerprint density at radius 1 is 1.06 bits per heavy atom. The SMILES string of the molecule is O=C(C[C@H]1C(=O)NCCN1C(=O)CN1CCN(C(=O)c2ccco2)CC1)Nc1ccccc1Cl. The molecule has 11 heteroatoms. The number of carbonyl (C=O) groups is 4. The second-order valence-corrected chi connectivity index (χ2v) is 8.58. The van der Waals surface area contributed by atoms with Crippen molar-refractivity contribution >= 4 is 40.9 Å². The van der Waals surface area contributed by atoms with E-state index < -0.39 is 11.9 Å². The molecule has 4 amide bonds. The van der Waals surface area contributed by atoms with Gasteiger partial charge in [0.2, 0.25) is 17.7 Å². The van der Waals surface area contributed by atoms with Gasteiger partial charge < -0.3 is 24.9 Å². The summed E-state index contributed by atoms with van der Waals surface area (Å²) in [6.45, 7) is 2.75. The van der Waals surface area contributed by atoms with E-state index in [1.165, 1.54) is 11.2 Å². The highest BCUT2D eigenvalue weighted by molar-refractivity contribution is 6.33. The van der Waals surface area contributed by atoms with Gasteiger partial charge in [0.1, 0.15) is 6.04 Å². The van der Waals surface area contributed by atoms with Gasteiger partial charge in [-0.1, -0.05) is 23.7 Å². The molecular weight excluding hydrogens is 462 g/mol. The van der Waals surface area contributed by atoms with E-state index in [2.05, 4.69) is 10.6 Å². The van der Waals surface area contributed by atoms with Crippen LogP contribution in [-0.2, 0) is 14.4 Å². The van der Waals surface area contributed by atoms with Crippen LogP contribution in [0.2, 0.25) is 5.02 Å². The number of furan rings is 1. The van der Waals surface area contributed by atoms with Crippen LogP contribution in [0.4, 0.5) is 5.69 Å². The van der Waals surface area contributed by atoms with Gasteiger partial charge in [0, 0.05) is 39.3 Å². The van der Waals surface area contributed by atoms with Gasteiger partial charge in [0.25, 0.3) is 5.91 Å². The highest BCUT2D eigenvalue weighted by atomic mass is 35.5. The second-order valence-electron chi connectivity index (χ2n) is 8.17. The van der Waals surface area contributed by atoms with Gasteiger partial charge in [-0.15, -0.1) is 0 Å². The minimum Gasteiger partial charge on any atom is -0.459 e. The van der Waals surface area contributed by atoms with E-state index in [9.17, 15) is 19.2 Å². The molecule has 34 heavy (non-hydrogen) atoms. The molecule has 0 bridgehead atoms. The van der Waals surface area contributed by atoms with Crippen molar-refractivity contribution < 1.29 is 23.6 Å². The molecule has 180 valence electrons. The maximum atomic E-state index is 13.1. The van der Waals surface area contributed by atoms with E-state index in [0.29, 0.717) is 55.7 Å². The lowest BCUT2D eigenvalue weighted by atomic mass is 10.1. The van der Waals surface area contributed by atoms with Crippen LogP contribution in [0, 0.1) is 0 Å². The summed E-state index contributed by atoms with van der Waals surface area (Å²) in [5, 5.41) is 5.82. The average molecular weight is 488 g/mol. The Morgan fingerprint density at radius 3 is 2.53 bits per heavy atom. The monoisotopic (exact) mass is 487 g/mol. The molecule has 2 aliphatic rings. The molecule has 0 unspecified atom stereocenters. The summed E-state index contributed by atoms with van der Waals surface area (Å²) in [7, 11) is 0. The third-order valence-corrected chi connectivity index (χ3v) is 6.26. The molecule has 1 aromatic carbocycles. The standard InChI is InChI=1S/C23H26ClN5O5/c24-16-4-1-2-5-17(16)26-20(30)14-18-22(32)25-7-8-29(18)21(31)15-27-9-11-28(12-10-27)23(33)19-6-3-13-34-19/h1-6,13,18H,7-12,14-15H2,(H,25,32)(H,26,30)/t18-/m0/s1. The topological polar surface area (TPSA) is 115 Å². The third-order valence-electron chi connectivity index (χ3n) is 5.93. The molecule has 3 heterocycles. The van der Waals surface area contributed by atoms with E-state index in [0.717, 1.165) is 0 Å². The number of carbonyl (C=O) groups excluding carboxylic acids is 4. The van der Waals surface area contributed by atoms with Gasteiger partial charge in [-0.05, 0) is 24.3 Å². The Hall–Kier alpha value is -3.37. The maximum absolute atomic E-state index is 13.1. The fourth-order valence-electron chi connectivity index (χ4n) is 4.10. The number of anilines is 1. The Balaban J connectivity index is 1.32. The first-order valence-corrected chi connectivity index (χ1v) is 11.5. The van der Waals surface area contributed by atoms with Gasteiger partial charge in [0.05, 0.1) is 29.9 Å². The minimum absolute atomic E-state index is 0.110. The van der Waals surface area contributed by atoms with E-state index in [1.807, 2.05) is 4.90 Å². The molecule has 0 saturated carbocycles. The van der Waals surface area contributed by atoms with E-state index in [4.69, 9.17) is 16.0 Å². The largest absolute Gasteiger partial charge is 0.459 e. The molecular formula is C23H26ClN5O5. The lowest BCUT2D eigenvalue weighted by Crippen LogP contribution is -2.60. The molecule has 1 aromatic heterocycles. The molecule has 2 N–H and O–H groups in total. The molecule has 10 nitrogen and oxygen atoms in total. The van der Waals surface area contributed by atoms with Crippen LogP contribution in [0.3, 0.4) is 0 Å². The quantitative estimate of drug-likeness (QED) is 0.629. The fraction of sp³-hybridized carbons (Fsp3) is 0.391. The van der Waals surface area contributed by atoms with Crippen LogP contribution >= 0.6 is 11.6 Å². The number of halogens is 1. The normalized spacial score (nSPS) is 19.0. The van der Waals surface area contributed by atoms with Crippen LogP contribution in [0.15, 0.2) is 47.1 Å². The molecule has 1 atom stereocenters. The first kappa shape index (κ1) is 23.8. The number of benzene rings is 1. The molecule has 0 spiro atoms. The molecule has 2 saturated heterocycles.